The minimum Gasteiger partial charge on any atom is -0.444 e. The number of ether oxygens (including phenoxy) is 1. The van der Waals surface area contributed by atoms with Crippen LogP contribution in [0.25, 0.3) is 11.0 Å². The number of urea groups is 1. The second-order valence-electron chi connectivity index (χ2n) is 13.9. The molecular weight excluding hydrogens is 606 g/mol. The molecule has 3 saturated heterocycles. The Hall–Kier alpha value is -4.09. The number of aromatic nitrogens is 2. The minimum atomic E-state index is -0.890. The summed E-state index contributed by atoms with van der Waals surface area (Å²) in [6.45, 7) is 6.91. The molecule has 3 amide bonds. The van der Waals surface area contributed by atoms with E-state index in [1.54, 1.807) is 17.3 Å². The average molecular weight is 654 g/mol. The Kier molecular flexibility index (Phi) is 9.59. The molecule has 11 heteroatoms. The van der Waals surface area contributed by atoms with Gasteiger partial charge in [0, 0.05) is 69.2 Å². The van der Waals surface area contributed by atoms with E-state index in [1.165, 1.54) is 19.3 Å². The number of hydrogen-bond acceptors (Lipinski definition) is 8. The normalized spacial score (nSPS) is 24.5. The second-order valence-corrected chi connectivity index (χ2v) is 13.9. The number of aldehydes is 1. The fourth-order valence-corrected chi connectivity index (χ4v) is 8.66. The summed E-state index contributed by atoms with van der Waals surface area (Å²) >= 11 is 0. The first-order chi connectivity index (χ1) is 23.4. The van der Waals surface area contributed by atoms with Gasteiger partial charge in [-0.2, -0.15) is 0 Å². The lowest BCUT2D eigenvalue weighted by Gasteiger charge is -2.57. The number of anilines is 1. The number of carbonyl (C=O) groups excluding carboxylic acids is 3. The SMILES string of the molecule is Cc1cc(COC(=O)N2CC[C@@H](N3CCc4ccccc4NC3=O)C[C@@]2(CC=O)N2CCC(N3CCCCC3)CC2)cc2nccnc12. The van der Waals surface area contributed by atoms with Crippen molar-refractivity contribution in [2.45, 2.75) is 89.1 Å². The third-order valence-electron chi connectivity index (χ3n) is 11.1. The van der Waals surface area contributed by atoms with Gasteiger partial charge in [-0.1, -0.05) is 30.7 Å². The Bertz CT molecular complexity index is 1640. The van der Waals surface area contributed by atoms with E-state index in [1.807, 2.05) is 42.2 Å². The molecule has 48 heavy (non-hydrogen) atoms. The van der Waals surface area contributed by atoms with Crippen molar-refractivity contribution in [2.24, 2.45) is 0 Å². The molecule has 0 radical (unpaired) electrons. The van der Waals surface area contributed by atoms with E-state index in [-0.39, 0.29) is 25.1 Å². The second kappa shape index (κ2) is 14.2. The predicted octanol–water partition coefficient (Wildman–Crippen LogP) is 5.37. The highest BCUT2D eigenvalue weighted by atomic mass is 16.6. The van der Waals surface area contributed by atoms with Crippen LogP contribution >= 0.6 is 0 Å². The summed E-state index contributed by atoms with van der Waals surface area (Å²) in [5, 5.41) is 3.12. The number of nitrogens with one attached hydrogen (secondary N) is 1. The molecule has 0 spiro atoms. The van der Waals surface area contributed by atoms with E-state index >= 15 is 0 Å². The number of amides is 3. The fraction of sp³-hybridized carbons (Fsp3) is 0.541. The van der Waals surface area contributed by atoms with Crippen molar-refractivity contribution in [3.8, 4) is 0 Å². The van der Waals surface area contributed by atoms with Crippen LogP contribution in [-0.2, 0) is 22.6 Å². The number of nitrogens with zero attached hydrogens (tertiary/aromatic N) is 6. The Morgan fingerprint density at radius 1 is 0.979 bits per heavy atom. The first kappa shape index (κ1) is 32.5. The van der Waals surface area contributed by atoms with Crippen molar-refractivity contribution in [1.82, 2.24) is 29.6 Å². The molecule has 0 bridgehead atoms. The van der Waals surface area contributed by atoms with Gasteiger partial charge in [0.25, 0.3) is 0 Å². The zero-order chi connectivity index (χ0) is 33.1. The topological polar surface area (TPSA) is 111 Å². The standard InChI is InChI=1S/C37H47N7O4/c1-27-23-28(24-33-34(27)39-15-14-38-33)26-48-36(47)44-21-12-31(43-20-9-29-7-3-4-8-32(29)40-35(43)46)25-37(44,13-22-45)42-18-10-30(11-19-42)41-16-5-2-6-17-41/h3-4,7-8,14-15,22-24,30-31H,2,5-6,9-13,16-21,25-26H2,1H3,(H,40,46)/t31-,37+/m1/s1. The summed E-state index contributed by atoms with van der Waals surface area (Å²) in [6, 6.07) is 12.1. The lowest BCUT2D eigenvalue weighted by atomic mass is 9.84. The van der Waals surface area contributed by atoms with Gasteiger partial charge in [0.1, 0.15) is 18.6 Å². The molecule has 3 fully saturated rings. The van der Waals surface area contributed by atoms with Gasteiger partial charge in [0.05, 0.1) is 11.0 Å². The van der Waals surface area contributed by atoms with Crippen molar-refractivity contribution in [1.29, 1.82) is 0 Å². The summed E-state index contributed by atoms with van der Waals surface area (Å²) in [5.41, 5.74) is 4.47. The molecule has 1 aromatic heterocycles. The molecule has 11 nitrogen and oxygen atoms in total. The van der Waals surface area contributed by atoms with Gasteiger partial charge < -0.3 is 24.6 Å². The van der Waals surface area contributed by atoms with Gasteiger partial charge in [-0.25, -0.2) is 9.59 Å². The van der Waals surface area contributed by atoms with Crippen LogP contribution in [-0.4, -0.2) is 105 Å². The third-order valence-corrected chi connectivity index (χ3v) is 11.1. The summed E-state index contributed by atoms with van der Waals surface area (Å²) in [5.74, 6) is 0. The van der Waals surface area contributed by atoms with Crippen LogP contribution in [0, 0.1) is 6.92 Å². The van der Waals surface area contributed by atoms with Crippen LogP contribution < -0.4 is 5.32 Å². The summed E-state index contributed by atoms with van der Waals surface area (Å²) < 4.78 is 6.04. The molecule has 4 aliphatic heterocycles. The summed E-state index contributed by atoms with van der Waals surface area (Å²) in [4.78, 5) is 58.0. The smallest absolute Gasteiger partial charge is 0.411 e. The molecule has 2 aromatic carbocycles. The Morgan fingerprint density at radius 2 is 1.75 bits per heavy atom. The zero-order valence-corrected chi connectivity index (χ0v) is 28.0. The molecule has 1 N–H and O–H groups in total. The van der Waals surface area contributed by atoms with Crippen molar-refractivity contribution in [3.05, 3.63) is 65.5 Å². The zero-order valence-electron chi connectivity index (χ0n) is 28.0. The number of benzene rings is 2. The predicted molar refractivity (Wildman–Crippen MR) is 183 cm³/mol. The highest BCUT2D eigenvalue weighted by molar-refractivity contribution is 5.91. The number of likely N-dealkylation sites (tertiary alicyclic amines) is 3. The number of aryl methyl sites for hydroxylation is 1. The van der Waals surface area contributed by atoms with Gasteiger partial charge in [-0.05, 0) is 87.4 Å². The lowest BCUT2D eigenvalue weighted by Crippen LogP contribution is -2.70. The Labute approximate surface area is 282 Å². The van der Waals surface area contributed by atoms with Gasteiger partial charge >= 0.3 is 12.1 Å². The first-order valence-corrected chi connectivity index (χ1v) is 17.7. The van der Waals surface area contributed by atoms with E-state index in [0.29, 0.717) is 32.0 Å². The first-order valence-electron chi connectivity index (χ1n) is 17.7. The van der Waals surface area contributed by atoms with Crippen LogP contribution in [0.1, 0.15) is 68.1 Å². The number of para-hydroxylation sites is 1. The van der Waals surface area contributed by atoms with Gasteiger partial charge in [0.2, 0.25) is 0 Å². The van der Waals surface area contributed by atoms with E-state index in [9.17, 15) is 14.4 Å². The quantitative estimate of drug-likeness (QED) is 0.339. The van der Waals surface area contributed by atoms with Gasteiger partial charge in [0.15, 0.2) is 0 Å². The molecule has 5 heterocycles. The third kappa shape index (κ3) is 6.50. The molecule has 7 rings (SSSR count). The van der Waals surface area contributed by atoms with E-state index < -0.39 is 11.8 Å². The van der Waals surface area contributed by atoms with Crippen molar-refractivity contribution in [3.63, 3.8) is 0 Å². The highest BCUT2D eigenvalue weighted by Crippen LogP contribution is 2.40. The fourth-order valence-electron chi connectivity index (χ4n) is 8.66. The van der Waals surface area contributed by atoms with Crippen LogP contribution in [0.4, 0.5) is 15.3 Å². The van der Waals surface area contributed by atoms with Crippen molar-refractivity contribution < 1.29 is 19.1 Å². The Morgan fingerprint density at radius 3 is 2.56 bits per heavy atom. The maximum absolute atomic E-state index is 14.1. The molecule has 0 saturated carbocycles. The number of carbonyl (C=O) groups is 3. The molecular formula is C37H47N7O4. The number of hydrogen-bond donors (Lipinski definition) is 1. The lowest BCUT2D eigenvalue weighted by molar-refractivity contribution is -0.128. The molecule has 4 aliphatic rings. The largest absolute Gasteiger partial charge is 0.444 e. The molecule has 3 aromatic rings. The van der Waals surface area contributed by atoms with Crippen LogP contribution in [0.15, 0.2) is 48.8 Å². The summed E-state index contributed by atoms with van der Waals surface area (Å²) in [6.07, 6.45) is 11.6. The number of rotatable bonds is 7. The average Bonchev–Trinajstić information content (AvgIpc) is 3.29. The monoisotopic (exact) mass is 653 g/mol. The summed E-state index contributed by atoms with van der Waals surface area (Å²) in [7, 11) is 0. The van der Waals surface area contributed by atoms with Crippen LogP contribution in [0.2, 0.25) is 0 Å². The molecule has 0 aliphatic carbocycles. The molecule has 254 valence electrons. The highest BCUT2D eigenvalue weighted by Gasteiger charge is 2.52. The maximum Gasteiger partial charge on any atom is 0.411 e. The Balaban J connectivity index is 1.13. The van der Waals surface area contributed by atoms with Crippen molar-refractivity contribution in [2.75, 3.05) is 44.6 Å². The molecule has 0 unspecified atom stereocenters. The van der Waals surface area contributed by atoms with E-state index in [0.717, 1.165) is 85.1 Å². The van der Waals surface area contributed by atoms with Gasteiger partial charge in [-0.3, -0.25) is 19.8 Å². The number of fused-ring (bicyclic) bond motifs is 2. The molecule has 2 atom stereocenters. The van der Waals surface area contributed by atoms with Gasteiger partial charge in [-0.15, -0.1) is 0 Å². The van der Waals surface area contributed by atoms with Crippen LogP contribution in [0.3, 0.4) is 0 Å². The minimum absolute atomic E-state index is 0.0904. The van der Waals surface area contributed by atoms with E-state index in [2.05, 4.69) is 31.2 Å². The van der Waals surface area contributed by atoms with E-state index in [4.69, 9.17) is 4.74 Å². The number of piperidine rings is 3. The van der Waals surface area contributed by atoms with Crippen molar-refractivity contribution >= 4 is 35.1 Å². The van der Waals surface area contributed by atoms with Crippen LogP contribution in [0.5, 0.6) is 0 Å². The maximum atomic E-state index is 14.1.